The number of carbonyl (C=O) groups is 2. The van der Waals surface area contributed by atoms with Gasteiger partial charge in [0.1, 0.15) is 6.04 Å². The van der Waals surface area contributed by atoms with Crippen LogP contribution in [0.25, 0.3) is 0 Å². The third-order valence-corrected chi connectivity index (χ3v) is 5.55. The van der Waals surface area contributed by atoms with Crippen LogP contribution in [0.15, 0.2) is 0 Å². The molecule has 0 heterocycles. The van der Waals surface area contributed by atoms with Crippen LogP contribution in [0.3, 0.4) is 0 Å². The van der Waals surface area contributed by atoms with Gasteiger partial charge in [0.2, 0.25) is 5.91 Å². The summed E-state index contributed by atoms with van der Waals surface area (Å²) in [4.78, 5) is 23.5. The summed E-state index contributed by atoms with van der Waals surface area (Å²) in [6.07, 6.45) is 6.58. The molecule has 4 saturated carbocycles. The number of carbonyl (C=O) groups excluding carboxylic acids is 1. The van der Waals surface area contributed by atoms with E-state index in [1.54, 1.807) is 6.92 Å². The second-order valence-corrected chi connectivity index (χ2v) is 6.76. The predicted molar refractivity (Wildman–Crippen MR) is 70.4 cm³/mol. The highest BCUT2D eigenvalue weighted by Gasteiger charge is 2.50. The van der Waals surface area contributed by atoms with E-state index in [1.807, 2.05) is 0 Å². The Hall–Kier alpha value is -1.06. The number of aliphatic carboxylic acids is 1. The van der Waals surface area contributed by atoms with E-state index in [2.05, 4.69) is 5.32 Å². The summed E-state index contributed by atoms with van der Waals surface area (Å²) in [5.41, 5.74) is 0. The van der Waals surface area contributed by atoms with E-state index in [1.165, 1.54) is 32.1 Å². The van der Waals surface area contributed by atoms with Crippen LogP contribution in [-0.2, 0) is 9.59 Å². The summed E-state index contributed by atoms with van der Waals surface area (Å²) >= 11 is 0. The van der Waals surface area contributed by atoms with Crippen LogP contribution in [0.1, 0.15) is 45.4 Å². The zero-order chi connectivity index (χ0) is 13.6. The van der Waals surface area contributed by atoms with Gasteiger partial charge in [0.05, 0.1) is 0 Å². The molecular formula is C15H23NO3. The molecule has 0 unspecified atom stereocenters. The maximum absolute atomic E-state index is 12.4. The molecule has 2 N–H and O–H groups in total. The lowest BCUT2D eigenvalue weighted by molar-refractivity contribution is -0.146. The SMILES string of the molecule is CC[C@@H](NC(=O)C1C2CC3CC(C2)CC1C3)C(=O)O. The number of amides is 1. The van der Waals surface area contributed by atoms with E-state index in [-0.39, 0.29) is 11.8 Å². The summed E-state index contributed by atoms with van der Waals surface area (Å²) in [5, 5.41) is 11.8. The number of hydrogen-bond donors (Lipinski definition) is 2. The Morgan fingerprint density at radius 2 is 1.63 bits per heavy atom. The number of carboxylic acids is 1. The quantitative estimate of drug-likeness (QED) is 0.817. The molecule has 0 aromatic rings. The maximum atomic E-state index is 12.4. The fraction of sp³-hybridized carbons (Fsp3) is 0.867. The van der Waals surface area contributed by atoms with E-state index >= 15 is 0 Å². The number of rotatable bonds is 4. The van der Waals surface area contributed by atoms with E-state index < -0.39 is 12.0 Å². The van der Waals surface area contributed by atoms with Crippen LogP contribution >= 0.6 is 0 Å². The van der Waals surface area contributed by atoms with E-state index in [0.29, 0.717) is 18.3 Å². The number of hydrogen-bond acceptors (Lipinski definition) is 2. The molecule has 1 atom stereocenters. The lowest BCUT2D eigenvalue weighted by Crippen LogP contribution is -2.53. The minimum atomic E-state index is -0.917. The van der Waals surface area contributed by atoms with Crippen LogP contribution in [0.4, 0.5) is 0 Å². The van der Waals surface area contributed by atoms with Crippen molar-refractivity contribution in [2.45, 2.75) is 51.5 Å². The van der Waals surface area contributed by atoms with Gasteiger partial charge in [-0.2, -0.15) is 0 Å². The molecule has 19 heavy (non-hydrogen) atoms. The zero-order valence-corrected chi connectivity index (χ0v) is 11.5. The van der Waals surface area contributed by atoms with Crippen LogP contribution in [0, 0.1) is 29.6 Å². The van der Waals surface area contributed by atoms with Crippen LogP contribution in [-0.4, -0.2) is 23.0 Å². The van der Waals surface area contributed by atoms with Crippen molar-refractivity contribution in [2.24, 2.45) is 29.6 Å². The molecule has 4 aliphatic carbocycles. The molecule has 0 spiro atoms. The van der Waals surface area contributed by atoms with Gasteiger partial charge in [-0.25, -0.2) is 4.79 Å². The molecule has 4 heteroatoms. The fourth-order valence-corrected chi connectivity index (χ4v) is 4.96. The molecular weight excluding hydrogens is 242 g/mol. The van der Waals surface area contributed by atoms with E-state index in [0.717, 1.165) is 11.8 Å². The van der Waals surface area contributed by atoms with Crippen molar-refractivity contribution in [3.63, 3.8) is 0 Å². The van der Waals surface area contributed by atoms with E-state index in [9.17, 15) is 9.59 Å². The zero-order valence-electron chi connectivity index (χ0n) is 11.5. The van der Waals surface area contributed by atoms with E-state index in [4.69, 9.17) is 5.11 Å². The molecule has 4 bridgehead atoms. The molecule has 4 aliphatic rings. The first-order valence-corrected chi connectivity index (χ1v) is 7.61. The largest absolute Gasteiger partial charge is 0.480 e. The van der Waals surface area contributed by atoms with Gasteiger partial charge >= 0.3 is 5.97 Å². The van der Waals surface area contributed by atoms with Gasteiger partial charge in [-0.05, 0) is 62.2 Å². The number of nitrogens with one attached hydrogen (secondary N) is 1. The molecule has 106 valence electrons. The third kappa shape index (κ3) is 2.26. The Kier molecular flexibility index (Phi) is 3.27. The maximum Gasteiger partial charge on any atom is 0.326 e. The third-order valence-electron chi connectivity index (χ3n) is 5.55. The van der Waals surface area contributed by atoms with Crippen molar-refractivity contribution >= 4 is 11.9 Å². The van der Waals surface area contributed by atoms with Gasteiger partial charge in [0.25, 0.3) is 0 Å². The molecule has 0 saturated heterocycles. The molecule has 4 rings (SSSR count). The molecule has 4 nitrogen and oxygen atoms in total. The van der Waals surface area contributed by atoms with Gasteiger partial charge in [-0.1, -0.05) is 6.92 Å². The highest BCUT2D eigenvalue weighted by molar-refractivity contribution is 5.85. The second-order valence-electron chi connectivity index (χ2n) is 6.76. The first kappa shape index (κ1) is 12.9. The molecule has 0 aromatic heterocycles. The summed E-state index contributed by atoms with van der Waals surface area (Å²) in [7, 11) is 0. The topological polar surface area (TPSA) is 66.4 Å². The Morgan fingerprint density at radius 1 is 1.11 bits per heavy atom. The minimum absolute atomic E-state index is 0.00282. The normalized spacial score (nSPS) is 41.0. The van der Waals surface area contributed by atoms with Crippen LogP contribution in [0.5, 0.6) is 0 Å². The monoisotopic (exact) mass is 265 g/mol. The van der Waals surface area contributed by atoms with Gasteiger partial charge in [0, 0.05) is 5.92 Å². The Balaban J connectivity index is 1.68. The smallest absolute Gasteiger partial charge is 0.326 e. The summed E-state index contributed by atoms with van der Waals surface area (Å²) < 4.78 is 0. The lowest BCUT2D eigenvalue weighted by atomic mass is 9.51. The van der Waals surface area contributed by atoms with Crippen molar-refractivity contribution in [3.8, 4) is 0 Å². The first-order chi connectivity index (χ1) is 9.08. The highest BCUT2D eigenvalue weighted by atomic mass is 16.4. The minimum Gasteiger partial charge on any atom is -0.480 e. The van der Waals surface area contributed by atoms with Crippen molar-refractivity contribution in [1.82, 2.24) is 5.32 Å². The molecule has 1 amide bonds. The van der Waals surface area contributed by atoms with Crippen LogP contribution in [0.2, 0.25) is 0 Å². The van der Waals surface area contributed by atoms with Crippen molar-refractivity contribution in [2.75, 3.05) is 0 Å². The van der Waals surface area contributed by atoms with Crippen LogP contribution < -0.4 is 5.32 Å². The highest BCUT2D eigenvalue weighted by Crippen LogP contribution is 2.56. The summed E-state index contributed by atoms with van der Waals surface area (Å²) in [5.74, 6) is 1.88. The number of carboxylic acid groups (broad SMARTS) is 1. The van der Waals surface area contributed by atoms with Crippen molar-refractivity contribution in [3.05, 3.63) is 0 Å². The van der Waals surface area contributed by atoms with Crippen molar-refractivity contribution < 1.29 is 14.7 Å². The van der Waals surface area contributed by atoms with Gasteiger partial charge < -0.3 is 10.4 Å². The fourth-order valence-electron chi connectivity index (χ4n) is 4.96. The average Bonchev–Trinajstić information content (AvgIpc) is 2.34. The summed E-state index contributed by atoms with van der Waals surface area (Å²) in [6.45, 7) is 1.80. The first-order valence-electron chi connectivity index (χ1n) is 7.61. The molecule has 0 aromatic carbocycles. The predicted octanol–water partition coefficient (Wildman–Crippen LogP) is 2.04. The molecule has 4 fully saturated rings. The van der Waals surface area contributed by atoms with Gasteiger partial charge in [0.15, 0.2) is 0 Å². The average molecular weight is 265 g/mol. The summed E-state index contributed by atoms with van der Waals surface area (Å²) in [6, 6.07) is -0.718. The Bertz CT molecular complexity index is 365. The Labute approximate surface area is 113 Å². The molecule has 0 aliphatic heterocycles. The van der Waals surface area contributed by atoms with Gasteiger partial charge in [-0.15, -0.1) is 0 Å². The lowest BCUT2D eigenvalue weighted by Gasteiger charge is -2.53. The molecule has 0 radical (unpaired) electrons. The Morgan fingerprint density at radius 3 is 2.05 bits per heavy atom. The van der Waals surface area contributed by atoms with Crippen molar-refractivity contribution in [1.29, 1.82) is 0 Å². The standard InChI is InChI=1S/C15H23NO3/c1-2-12(15(18)19)16-14(17)13-10-4-8-3-9(6-10)7-11(13)5-8/h8-13H,2-7H2,1H3,(H,16,17)(H,18,19)/t8?,9?,10?,11?,12-,13?/m1/s1. The second kappa shape index (κ2) is 4.80. The van der Waals surface area contributed by atoms with Gasteiger partial charge in [-0.3, -0.25) is 4.79 Å².